The van der Waals surface area contributed by atoms with Gasteiger partial charge in [-0.15, -0.1) is 0 Å². The van der Waals surface area contributed by atoms with Crippen molar-refractivity contribution in [1.29, 1.82) is 5.26 Å². The Kier molecular flexibility index (Phi) is 2.93. The van der Waals surface area contributed by atoms with E-state index in [1.807, 2.05) is 6.07 Å². The highest BCUT2D eigenvalue weighted by Gasteiger charge is 2.11. The Balaban J connectivity index is 2.37. The number of furan rings is 1. The smallest absolute Gasteiger partial charge is 0.341 e. The maximum Gasteiger partial charge on any atom is 0.341 e. The number of rotatable bonds is 2. The van der Waals surface area contributed by atoms with Crippen molar-refractivity contribution in [2.75, 3.05) is 7.11 Å². The summed E-state index contributed by atoms with van der Waals surface area (Å²) in [6.07, 6.45) is 1.33. The predicted octanol–water partition coefficient (Wildman–Crippen LogP) is 2.60. The Morgan fingerprint density at radius 1 is 1.41 bits per heavy atom. The van der Waals surface area contributed by atoms with Gasteiger partial charge in [-0.05, 0) is 18.2 Å². The Morgan fingerprint density at radius 2 is 2.24 bits per heavy atom. The molecule has 84 valence electrons. The van der Waals surface area contributed by atoms with Gasteiger partial charge in [-0.2, -0.15) is 5.26 Å². The number of hydrogen-bond donors (Lipinski definition) is 0. The summed E-state index contributed by atoms with van der Waals surface area (Å²) >= 11 is 0. The van der Waals surface area contributed by atoms with Gasteiger partial charge in [-0.1, -0.05) is 12.1 Å². The summed E-state index contributed by atoms with van der Waals surface area (Å²) in [6.45, 7) is 0. The van der Waals surface area contributed by atoms with Crippen molar-refractivity contribution in [3.63, 3.8) is 0 Å². The van der Waals surface area contributed by atoms with E-state index in [2.05, 4.69) is 4.74 Å². The molecular weight excluding hydrogens is 218 g/mol. The van der Waals surface area contributed by atoms with Gasteiger partial charge in [0.2, 0.25) is 0 Å². The normalized spacial score (nSPS) is 9.65. The number of methoxy groups -OCH3 is 1. The van der Waals surface area contributed by atoms with E-state index in [1.165, 1.54) is 13.4 Å². The molecule has 0 spiro atoms. The highest BCUT2D eigenvalue weighted by Crippen LogP contribution is 2.23. The molecule has 0 amide bonds. The molecule has 1 heterocycles. The number of carbonyl (C=O) groups is 1. The second kappa shape index (κ2) is 4.54. The molecule has 0 radical (unpaired) electrons. The first-order chi connectivity index (χ1) is 8.24. The van der Waals surface area contributed by atoms with E-state index >= 15 is 0 Å². The highest BCUT2D eigenvalue weighted by molar-refractivity contribution is 5.90. The summed E-state index contributed by atoms with van der Waals surface area (Å²) in [5.41, 5.74) is 1.64. The highest BCUT2D eigenvalue weighted by atomic mass is 16.5. The van der Waals surface area contributed by atoms with E-state index in [0.717, 1.165) is 5.56 Å². The first-order valence-electron chi connectivity index (χ1n) is 4.92. The summed E-state index contributed by atoms with van der Waals surface area (Å²) < 4.78 is 9.84. The molecule has 0 aliphatic heterocycles. The fourth-order valence-electron chi connectivity index (χ4n) is 1.45. The lowest BCUT2D eigenvalue weighted by Crippen LogP contribution is -1.98. The molecule has 0 aliphatic rings. The zero-order valence-corrected chi connectivity index (χ0v) is 9.14. The molecule has 2 rings (SSSR count). The molecule has 1 aromatic carbocycles. The van der Waals surface area contributed by atoms with Gasteiger partial charge in [0.1, 0.15) is 12.0 Å². The molecule has 0 aliphatic carbocycles. The van der Waals surface area contributed by atoms with Crippen molar-refractivity contribution in [3.8, 4) is 17.4 Å². The van der Waals surface area contributed by atoms with Crippen molar-refractivity contribution < 1.29 is 13.9 Å². The lowest BCUT2D eigenvalue weighted by atomic mass is 10.1. The number of ether oxygens (including phenoxy) is 1. The third kappa shape index (κ3) is 2.18. The average Bonchev–Trinajstić information content (AvgIpc) is 2.87. The molecule has 0 bridgehead atoms. The zero-order valence-electron chi connectivity index (χ0n) is 9.14. The van der Waals surface area contributed by atoms with Gasteiger partial charge in [-0.25, -0.2) is 4.79 Å². The maximum absolute atomic E-state index is 11.2. The molecular formula is C13H9NO3. The van der Waals surface area contributed by atoms with Gasteiger partial charge in [-0.3, -0.25) is 0 Å². The van der Waals surface area contributed by atoms with Gasteiger partial charge in [0.15, 0.2) is 0 Å². The monoisotopic (exact) mass is 227 g/mol. The first kappa shape index (κ1) is 11.0. The Hall–Kier alpha value is -2.54. The van der Waals surface area contributed by atoms with Crippen LogP contribution in [0.1, 0.15) is 15.9 Å². The van der Waals surface area contributed by atoms with Crippen LogP contribution in [-0.2, 0) is 4.74 Å². The minimum absolute atomic E-state index is 0.352. The predicted molar refractivity (Wildman–Crippen MR) is 60.2 cm³/mol. The number of carbonyl (C=O) groups excluding carboxylic acids is 1. The third-order valence-corrected chi connectivity index (χ3v) is 2.30. The van der Waals surface area contributed by atoms with E-state index in [1.54, 1.807) is 30.3 Å². The lowest BCUT2D eigenvalue weighted by molar-refractivity contribution is 0.0600. The molecule has 0 fully saturated rings. The molecule has 4 nitrogen and oxygen atoms in total. The quantitative estimate of drug-likeness (QED) is 0.740. The van der Waals surface area contributed by atoms with Crippen molar-refractivity contribution in [2.45, 2.75) is 0 Å². The van der Waals surface area contributed by atoms with Crippen LogP contribution in [-0.4, -0.2) is 13.1 Å². The van der Waals surface area contributed by atoms with Gasteiger partial charge in [0.05, 0.1) is 24.3 Å². The molecule has 1 aromatic heterocycles. The number of hydrogen-bond acceptors (Lipinski definition) is 4. The molecule has 4 heteroatoms. The number of nitriles is 1. The molecule has 0 atom stereocenters. The van der Waals surface area contributed by atoms with Crippen LogP contribution in [0, 0.1) is 11.3 Å². The second-order valence-corrected chi connectivity index (χ2v) is 3.38. The largest absolute Gasteiger partial charge is 0.465 e. The van der Waals surface area contributed by atoms with Crippen LogP contribution in [0.15, 0.2) is 41.0 Å². The van der Waals surface area contributed by atoms with Gasteiger partial charge in [0, 0.05) is 5.56 Å². The van der Waals surface area contributed by atoms with Crippen LogP contribution in [0.3, 0.4) is 0 Å². The van der Waals surface area contributed by atoms with E-state index in [9.17, 15) is 4.79 Å². The molecule has 0 unspecified atom stereocenters. The Labute approximate surface area is 98.0 Å². The summed E-state index contributed by atoms with van der Waals surface area (Å²) in [7, 11) is 1.31. The SMILES string of the molecule is COC(=O)c1coc(-c2cccc(C#N)c2)c1. The Bertz CT molecular complexity index is 593. The number of nitrogens with zero attached hydrogens (tertiary/aromatic N) is 1. The zero-order chi connectivity index (χ0) is 12.3. The van der Waals surface area contributed by atoms with Crippen LogP contribution in [0.2, 0.25) is 0 Å². The fraction of sp³-hybridized carbons (Fsp3) is 0.0769. The van der Waals surface area contributed by atoms with E-state index in [0.29, 0.717) is 16.9 Å². The molecule has 0 saturated carbocycles. The minimum atomic E-state index is -0.448. The maximum atomic E-state index is 11.2. The van der Waals surface area contributed by atoms with Crippen LogP contribution >= 0.6 is 0 Å². The number of benzene rings is 1. The van der Waals surface area contributed by atoms with Gasteiger partial charge in [0.25, 0.3) is 0 Å². The van der Waals surface area contributed by atoms with Crippen LogP contribution in [0.5, 0.6) is 0 Å². The first-order valence-corrected chi connectivity index (χ1v) is 4.92. The molecule has 17 heavy (non-hydrogen) atoms. The molecule has 0 saturated heterocycles. The van der Waals surface area contributed by atoms with Crippen molar-refractivity contribution in [2.24, 2.45) is 0 Å². The van der Waals surface area contributed by atoms with E-state index < -0.39 is 5.97 Å². The van der Waals surface area contributed by atoms with Crippen molar-refractivity contribution in [3.05, 3.63) is 47.7 Å². The van der Waals surface area contributed by atoms with Crippen molar-refractivity contribution in [1.82, 2.24) is 0 Å². The van der Waals surface area contributed by atoms with E-state index in [-0.39, 0.29) is 0 Å². The summed E-state index contributed by atoms with van der Waals surface area (Å²) in [5, 5.41) is 8.79. The van der Waals surface area contributed by atoms with Crippen LogP contribution < -0.4 is 0 Å². The Morgan fingerprint density at radius 3 is 2.94 bits per heavy atom. The van der Waals surface area contributed by atoms with E-state index in [4.69, 9.17) is 9.68 Å². The van der Waals surface area contributed by atoms with Crippen LogP contribution in [0.4, 0.5) is 0 Å². The van der Waals surface area contributed by atoms with Gasteiger partial charge < -0.3 is 9.15 Å². The summed E-state index contributed by atoms with van der Waals surface area (Å²) in [6, 6.07) is 10.6. The minimum Gasteiger partial charge on any atom is -0.465 e. The standard InChI is InChI=1S/C13H9NO3/c1-16-13(15)11-6-12(17-8-11)10-4-2-3-9(5-10)7-14/h2-6,8H,1H3. The second-order valence-electron chi connectivity index (χ2n) is 3.38. The molecule has 2 aromatic rings. The fourth-order valence-corrected chi connectivity index (χ4v) is 1.45. The molecule has 0 N–H and O–H groups in total. The third-order valence-electron chi connectivity index (χ3n) is 2.30. The number of esters is 1. The van der Waals surface area contributed by atoms with Crippen LogP contribution in [0.25, 0.3) is 11.3 Å². The average molecular weight is 227 g/mol. The van der Waals surface area contributed by atoms with Crippen molar-refractivity contribution >= 4 is 5.97 Å². The lowest BCUT2D eigenvalue weighted by Gasteiger charge is -1.96. The topological polar surface area (TPSA) is 63.2 Å². The summed E-state index contributed by atoms with van der Waals surface area (Å²) in [5.74, 6) is 0.0823. The summed E-state index contributed by atoms with van der Waals surface area (Å²) in [4.78, 5) is 11.2. The van der Waals surface area contributed by atoms with Gasteiger partial charge >= 0.3 is 5.97 Å².